The summed E-state index contributed by atoms with van der Waals surface area (Å²) >= 11 is 8.92. The molecule has 1 heterocycles. The minimum Gasteiger partial charge on any atom is -0.368 e. The maximum atomic E-state index is 13.7. The highest BCUT2D eigenvalue weighted by molar-refractivity contribution is 9.10. The van der Waals surface area contributed by atoms with E-state index in [0.717, 1.165) is 0 Å². The van der Waals surface area contributed by atoms with Crippen molar-refractivity contribution < 1.29 is 8.91 Å². The average molecular weight is 292 g/mol. The van der Waals surface area contributed by atoms with Crippen molar-refractivity contribution in [1.82, 2.24) is 5.16 Å². The van der Waals surface area contributed by atoms with E-state index in [1.807, 2.05) is 0 Å². The Balaban J connectivity index is 2.66. The van der Waals surface area contributed by atoms with E-state index in [2.05, 4.69) is 25.6 Å². The van der Waals surface area contributed by atoms with Gasteiger partial charge in [0.25, 0.3) is 0 Å². The number of nitrogens with zero attached hydrogens (tertiary/aromatic N) is 1. The molecule has 2 rings (SSSR count). The molecule has 78 valence electrons. The third kappa shape index (κ3) is 1.85. The van der Waals surface area contributed by atoms with Gasteiger partial charge in [-0.25, -0.2) is 4.39 Å². The van der Waals surface area contributed by atoms with E-state index in [9.17, 15) is 4.39 Å². The van der Waals surface area contributed by atoms with Crippen LogP contribution in [0.25, 0.3) is 11.3 Å². The van der Waals surface area contributed by atoms with Gasteiger partial charge >= 0.3 is 0 Å². The Morgan fingerprint density at radius 1 is 1.47 bits per heavy atom. The van der Waals surface area contributed by atoms with Crippen LogP contribution in [0.15, 0.2) is 27.2 Å². The van der Waals surface area contributed by atoms with Crippen LogP contribution < -0.4 is 5.73 Å². The van der Waals surface area contributed by atoms with Crippen molar-refractivity contribution in [3.05, 3.63) is 33.5 Å². The summed E-state index contributed by atoms with van der Waals surface area (Å²) in [5.41, 5.74) is 5.79. The van der Waals surface area contributed by atoms with E-state index in [1.165, 1.54) is 12.1 Å². The molecule has 0 unspecified atom stereocenters. The molecule has 0 aliphatic carbocycles. The predicted molar refractivity (Wildman–Crippen MR) is 59.0 cm³/mol. The lowest BCUT2D eigenvalue weighted by Gasteiger charge is -2.03. The first-order valence-corrected chi connectivity index (χ1v) is 5.12. The molecule has 2 aromatic rings. The minimum atomic E-state index is -0.490. The molecule has 2 N–H and O–H groups in total. The summed E-state index contributed by atoms with van der Waals surface area (Å²) in [5.74, 6) is -0.378. The van der Waals surface area contributed by atoms with Gasteiger partial charge in [-0.15, -0.1) is 0 Å². The van der Waals surface area contributed by atoms with Crippen LogP contribution in [0.2, 0.25) is 5.02 Å². The largest absolute Gasteiger partial charge is 0.368 e. The summed E-state index contributed by atoms with van der Waals surface area (Å²) in [4.78, 5) is 0. The molecule has 15 heavy (non-hydrogen) atoms. The van der Waals surface area contributed by atoms with Crippen LogP contribution in [0.4, 0.5) is 10.3 Å². The van der Waals surface area contributed by atoms with Crippen molar-refractivity contribution in [1.29, 1.82) is 0 Å². The van der Waals surface area contributed by atoms with Gasteiger partial charge < -0.3 is 10.3 Å². The molecule has 0 atom stereocenters. The minimum absolute atomic E-state index is 0.112. The number of hydrogen-bond acceptors (Lipinski definition) is 3. The standard InChI is InChI=1S/C9H5BrClFN2O/c10-4-1-2-5(11)8(9(4)12)6-3-7(13)15-14-6/h1-3H,13H2. The molecule has 1 aromatic heterocycles. The van der Waals surface area contributed by atoms with Gasteiger partial charge in [0.1, 0.15) is 11.5 Å². The molecular weight excluding hydrogens is 286 g/mol. The monoisotopic (exact) mass is 290 g/mol. The van der Waals surface area contributed by atoms with E-state index in [4.69, 9.17) is 17.3 Å². The van der Waals surface area contributed by atoms with Gasteiger partial charge in [-0.2, -0.15) is 0 Å². The summed E-state index contributed by atoms with van der Waals surface area (Å²) in [6.07, 6.45) is 0. The first kappa shape index (κ1) is 10.4. The summed E-state index contributed by atoms with van der Waals surface area (Å²) in [7, 11) is 0. The molecular formula is C9H5BrClFN2O. The van der Waals surface area contributed by atoms with E-state index in [-0.39, 0.29) is 22.2 Å². The normalized spacial score (nSPS) is 10.6. The Labute approximate surface area is 98.1 Å². The zero-order chi connectivity index (χ0) is 11.0. The molecule has 1 aromatic carbocycles. The SMILES string of the molecule is Nc1cc(-c2c(Cl)ccc(Br)c2F)no1. The first-order chi connectivity index (χ1) is 7.09. The highest BCUT2D eigenvalue weighted by Gasteiger charge is 2.16. The number of aromatic nitrogens is 1. The molecule has 0 saturated heterocycles. The first-order valence-electron chi connectivity index (χ1n) is 3.95. The fourth-order valence-corrected chi connectivity index (χ4v) is 1.74. The van der Waals surface area contributed by atoms with Gasteiger partial charge in [-0.05, 0) is 28.1 Å². The van der Waals surface area contributed by atoms with Gasteiger partial charge in [0.2, 0.25) is 5.88 Å². The number of anilines is 1. The smallest absolute Gasteiger partial charge is 0.222 e. The molecule has 0 aliphatic heterocycles. The van der Waals surface area contributed by atoms with Crippen LogP contribution in [-0.2, 0) is 0 Å². The maximum Gasteiger partial charge on any atom is 0.222 e. The third-order valence-electron chi connectivity index (χ3n) is 1.83. The van der Waals surface area contributed by atoms with Crippen molar-refractivity contribution in [2.24, 2.45) is 0 Å². The Hall–Kier alpha value is -1.07. The average Bonchev–Trinajstić information content (AvgIpc) is 2.59. The molecule has 0 amide bonds. The molecule has 6 heteroatoms. The van der Waals surface area contributed by atoms with Crippen LogP contribution in [-0.4, -0.2) is 5.16 Å². The highest BCUT2D eigenvalue weighted by atomic mass is 79.9. The van der Waals surface area contributed by atoms with Gasteiger partial charge in [-0.3, -0.25) is 0 Å². The third-order valence-corrected chi connectivity index (χ3v) is 2.76. The number of hydrogen-bond donors (Lipinski definition) is 1. The predicted octanol–water partition coefficient (Wildman–Crippen LogP) is 3.48. The number of halogens is 3. The molecule has 0 bridgehead atoms. The topological polar surface area (TPSA) is 52.0 Å². The molecule has 0 fully saturated rings. The van der Waals surface area contributed by atoms with Gasteiger partial charge in [-0.1, -0.05) is 16.8 Å². The van der Waals surface area contributed by atoms with E-state index in [1.54, 1.807) is 6.07 Å². The summed E-state index contributed by atoms with van der Waals surface area (Å²) in [5, 5.41) is 3.86. The fraction of sp³-hybridized carbons (Fsp3) is 0. The Bertz CT molecular complexity index is 515. The Kier molecular flexibility index (Phi) is 2.67. The summed E-state index contributed by atoms with van der Waals surface area (Å²) in [6, 6.07) is 4.50. The Morgan fingerprint density at radius 2 is 2.20 bits per heavy atom. The number of nitrogen functional groups attached to an aromatic ring is 1. The lowest BCUT2D eigenvalue weighted by molar-refractivity contribution is 0.438. The van der Waals surface area contributed by atoms with Crippen molar-refractivity contribution in [2.75, 3.05) is 5.73 Å². The molecule has 0 aliphatic rings. The van der Waals surface area contributed by atoms with Crippen LogP contribution in [0, 0.1) is 5.82 Å². The lowest BCUT2D eigenvalue weighted by Crippen LogP contribution is -1.87. The molecule has 0 spiro atoms. The number of rotatable bonds is 1. The van der Waals surface area contributed by atoms with E-state index in [0.29, 0.717) is 4.47 Å². The lowest BCUT2D eigenvalue weighted by atomic mass is 10.1. The van der Waals surface area contributed by atoms with Crippen molar-refractivity contribution in [3.8, 4) is 11.3 Å². The molecule has 3 nitrogen and oxygen atoms in total. The summed E-state index contributed by atoms with van der Waals surface area (Å²) < 4.78 is 18.7. The molecule has 0 radical (unpaired) electrons. The van der Waals surface area contributed by atoms with Crippen molar-refractivity contribution >= 4 is 33.4 Å². The zero-order valence-corrected chi connectivity index (χ0v) is 9.64. The van der Waals surface area contributed by atoms with Gasteiger partial charge in [0.05, 0.1) is 15.1 Å². The highest BCUT2D eigenvalue weighted by Crippen LogP contribution is 2.34. The zero-order valence-electron chi connectivity index (χ0n) is 7.30. The van der Waals surface area contributed by atoms with E-state index >= 15 is 0 Å². The summed E-state index contributed by atoms with van der Waals surface area (Å²) in [6.45, 7) is 0. The van der Waals surface area contributed by atoms with Gasteiger partial charge in [0.15, 0.2) is 0 Å². The van der Waals surface area contributed by atoms with Crippen molar-refractivity contribution in [2.45, 2.75) is 0 Å². The van der Waals surface area contributed by atoms with Crippen molar-refractivity contribution in [3.63, 3.8) is 0 Å². The maximum absolute atomic E-state index is 13.7. The Morgan fingerprint density at radius 3 is 2.80 bits per heavy atom. The second kappa shape index (κ2) is 3.83. The number of nitrogens with two attached hydrogens (primary N) is 1. The van der Waals surface area contributed by atoms with Crippen LogP contribution in [0.1, 0.15) is 0 Å². The second-order valence-electron chi connectivity index (χ2n) is 2.83. The molecule has 0 saturated carbocycles. The quantitative estimate of drug-likeness (QED) is 0.818. The number of benzene rings is 1. The van der Waals surface area contributed by atoms with E-state index < -0.39 is 5.82 Å². The van der Waals surface area contributed by atoms with Crippen LogP contribution in [0.5, 0.6) is 0 Å². The fourth-order valence-electron chi connectivity index (χ4n) is 1.17. The second-order valence-corrected chi connectivity index (χ2v) is 4.09. The van der Waals surface area contributed by atoms with Crippen LogP contribution >= 0.6 is 27.5 Å². The van der Waals surface area contributed by atoms with Crippen LogP contribution in [0.3, 0.4) is 0 Å². The van der Waals surface area contributed by atoms with Gasteiger partial charge in [0, 0.05) is 6.07 Å².